The molecule has 0 spiro atoms. The molecule has 1 aliphatic heterocycles. The molecule has 1 rings (SSSR count). The van der Waals surface area contributed by atoms with Gasteiger partial charge in [0.05, 0.1) is 0 Å². The third kappa shape index (κ3) is 4.10. The highest BCUT2D eigenvalue weighted by Crippen LogP contribution is 2.12. The van der Waals surface area contributed by atoms with Crippen molar-refractivity contribution in [3.63, 3.8) is 0 Å². The molecule has 1 heterocycles. The third-order valence-electron chi connectivity index (χ3n) is 2.93. The molecule has 1 fully saturated rings. The maximum absolute atomic E-state index is 3.46. The number of nitrogens with one attached hydrogen (secondary N) is 1. The van der Waals surface area contributed by atoms with Crippen LogP contribution in [0.3, 0.4) is 0 Å². The van der Waals surface area contributed by atoms with Crippen molar-refractivity contribution in [3.8, 4) is 0 Å². The highest BCUT2D eigenvalue weighted by atomic mass is 15.2. The second kappa shape index (κ2) is 6.39. The van der Waals surface area contributed by atoms with Crippen LogP contribution >= 0.6 is 0 Å². The predicted octanol–water partition coefficient (Wildman–Crippen LogP) is 1.86. The van der Waals surface area contributed by atoms with Crippen LogP contribution in [-0.2, 0) is 0 Å². The van der Waals surface area contributed by atoms with E-state index in [2.05, 4.69) is 24.1 Å². The summed E-state index contributed by atoms with van der Waals surface area (Å²) in [4.78, 5) is 2.62. The highest BCUT2D eigenvalue weighted by Gasteiger charge is 2.16. The van der Waals surface area contributed by atoms with Gasteiger partial charge in [0, 0.05) is 6.04 Å². The maximum atomic E-state index is 3.46. The Bertz CT molecular complexity index is 119. The summed E-state index contributed by atoms with van der Waals surface area (Å²) in [5, 5.41) is 3.46. The smallest absolute Gasteiger partial charge is 0.00790 e. The van der Waals surface area contributed by atoms with E-state index in [9.17, 15) is 0 Å². The van der Waals surface area contributed by atoms with Crippen molar-refractivity contribution in [1.29, 1.82) is 0 Å². The Morgan fingerprint density at radius 1 is 1.23 bits per heavy atom. The summed E-state index contributed by atoms with van der Waals surface area (Å²) in [5.41, 5.74) is 0. The molecule has 0 radical (unpaired) electrons. The molecule has 0 aromatic carbocycles. The SMILES string of the molecule is CCCNCCC(C)N1CCCC1. The average Bonchev–Trinajstić information content (AvgIpc) is 2.65. The van der Waals surface area contributed by atoms with Crippen molar-refractivity contribution >= 4 is 0 Å². The summed E-state index contributed by atoms with van der Waals surface area (Å²) in [7, 11) is 0. The number of rotatable bonds is 6. The van der Waals surface area contributed by atoms with E-state index in [1.807, 2.05) is 0 Å². The van der Waals surface area contributed by atoms with Crippen LogP contribution < -0.4 is 5.32 Å². The minimum absolute atomic E-state index is 0.784. The van der Waals surface area contributed by atoms with Gasteiger partial charge in [0.1, 0.15) is 0 Å². The van der Waals surface area contributed by atoms with E-state index in [4.69, 9.17) is 0 Å². The van der Waals surface area contributed by atoms with Crippen molar-refractivity contribution in [2.45, 2.75) is 45.6 Å². The zero-order valence-electron chi connectivity index (χ0n) is 9.18. The van der Waals surface area contributed by atoms with Gasteiger partial charge in [-0.25, -0.2) is 0 Å². The van der Waals surface area contributed by atoms with Crippen molar-refractivity contribution < 1.29 is 0 Å². The van der Waals surface area contributed by atoms with Gasteiger partial charge in [-0.05, 0) is 58.8 Å². The van der Waals surface area contributed by atoms with E-state index < -0.39 is 0 Å². The molecule has 0 bridgehead atoms. The fourth-order valence-corrected chi connectivity index (χ4v) is 1.98. The molecule has 1 atom stereocenters. The molecular weight excluding hydrogens is 160 g/mol. The fraction of sp³-hybridized carbons (Fsp3) is 1.00. The summed E-state index contributed by atoms with van der Waals surface area (Å²) < 4.78 is 0. The second-order valence-electron chi connectivity index (χ2n) is 4.13. The number of likely N-dealkylation sites (tertiary alicyclic amines) is 1. The molecule has 0 aromatic heterocycles. The Balaban J connectivity index is 1.99. The van der Waals surface area contributed by atoms with Crippen LogP contribution in [0.15, 0.2) is 0 Å². The summed E-state index contributed by atoms with van der Waals surface area (Å²) in [6, 6.07) is 0.784. The first kappa shape index (κ1) is 11.0. The van der Waals surface area contributed by atoms with Crippen molar-refractivity contribution in [2.75, 3.05) is 26.2 Å². The molecule has 1 N–H and O–H groups in total. The standard InChI is InChI=1S/C11H24N2/c1-3-7-12-8-6-11(2)13-9-4-5-10-13/h11-12H,3-10H2,1-2H3. The van der Waals surface area contributed by atoms with Gasteiger partial charge in [0.25, 0.3) is 0 Å². The van der Waals surface area contributed by atoms with Gasteiger partial charge in [0.2, 0.25) is 0 Å². The van der Waals surface area contributed by atoms with Crippen molar-refractivity contribution in [2.24, 2.45) is 0 Å². The molecule has 0 amide bonds. The predicted molar refractivity (Wildman–Crippen MR) is 58.0 cm³/mol. The van der Waals surface area contributed by atoms with Crippen LogP contribution in [0, 0.1) is 0 Å². The molecule has 1 saturated heterocycles. The van der Waals surface area contributed by atoms with E-state index in [-0.39, 0.29) is 0 Å². The molecule has 2 heteroatoms. The van der Waals surface area contributed by atoms with Gasteiger partial charge >= 0.3 is 0 Å². The minimum Gasteiger partial charge on any atom is -0.317 e. The van der Waals surface area contributed by atoms with Crippen LogP contribution in [-0.4, -0.2) is 37.1 Å². The average molecular weight is 184 g/mol. The van der Waals surface area contributed by atoms with Crippen LogP contribution in [0.25, 0.3) is 0 Å². The second-order valence-corrected chi connectivity index (χ2v) is 4.13. The monoisotopic (exact) mass is 184 g/mol. The van der Waals surface area contributed by atoms with E-state index in [1.165, 1.54) is 51.9 Å². The van der Waals surface area contributed by atoms with Crippen LogP contribution in [0.4, 0.5) is 0 Å². The van der Waals surface area contributed by atoms with Gasteiger partial charge in [0.15, 0.2) is 0 Å². The number of hydrogen-bond donors (Lipinski definition) is 1. The Morgan fingerprint density at radius 2 is 1.92 bits per heavy atom. The summed E-state index contributed by atoms with van der Waals surface area (Å²) >= 11 is 0. The zero-order valence-corrected chi connectivity index (χ0v) is 9.18. The third-order valence-corrected chi connectivity index (χ3v) is 2.93. The molecule has 0 aromatic rings. The Labute approximate surface area is 82.7 Å². The molecular formula is C11H24N2. The Morgan fingerprint density at radius 3 is 2.54 bits per heavy atom. The molecule has 0 aliphatic carbocycles. The summed E-state index contributed by atoms with van der Waals surface area (Å²) in [6.07, 6.45) is 5.37. The van der Waals surface area contributed by atoms with Gasteiger partial charge in [-0.15, -0.1) is 0 Å². The molecule has 1 aliphatic rings. The van der Waals surface area contributed by atoms with E-state index in [1.54, 1.807) is 0 Å². The van der Waals surface area contributed by atoms with Gasteiger partial charge in [-0.2, -0.15) is 0 Å². The lowest BCUT2D eigenvalue weighted by atomic mass is 10.2. The lowest BCUT2D eigenvalue weighted by Gasteiger charge is -2.23. The van der Waals surface area contributed by atoms with Crippen molar-refractivity contribution in [1.82, 2.24) is 10.2 Å². The lowest BCUT2D eigenvalue weighted by molar-refractivity contribution is 0.245. The molecule has 13 heavy (non-hydrogen) atoms. The van der Waals surface area contributed by atoms with Gasteiger partial charge in [-0.3, -0.25) is 0 Å². The van der Waals surface area contributed by atoms with Gasteiger partial charge in [-0.1, -0.05) is 6.92 Å². The first-order valence-electron chi connectivity index (χ1n) is 5.79. The first-order valence-corrected chi connectivity index (χ1v) is 5.79. The largest absolute Gasteiger partial charge is 0.317 e. The normalized spacial score (nSPS) is 20.8. The van der Waals surface area contributed by atoms with Gasteiger partial charge < -0.3 is 10.2 Å². The van der Waals surface area contributed by atoms with Crippen LogP contribution in [0.5, 0.6) is 0 Å². The zero-order chi connectivity index (χ0) is 9.52. The van der Waals surface area contributed by atoms with Crippen LogP contribution in [0.2, 0.25) is 0 Å². The number of hydrogen-bond acceptors (Lipinski definition) is 2. The van der Waals surface area contributed by atoms with Crippen molar-refractivity contribution in [3.05, 3.63) is 0 Å². The highest BCUT2D eigenvalue weighted by molar-refractivity contribution is 4.73. The first-order chi connectivity index (χ1) is 6.34. The molecule has 1 unspecified atom stereocenters. The Kier molecular flexibility index (Phi) is 5.40. The van der Waals surface area contributed by atoms with E-state index >= 15 is 0 Å². The molecule has 78 valence electrons. The number of nitrogens with zero attached hydrogens (tertiary/aromatic N) is 1. The van der Waals surface area contributed by atoms with E-state index in [0.29, 0.717) is 0 Å². The topological polar surface area (TPSA) is 15.3 Å². The molecule has 0 saturated carbocycles. The fourth-order valence-electron chi connectivity index (χ4n) is 1.98. The quantitative estimate of drug-likeness (QED) is 0.634. The minimum atomic E-state index is 0.784. The Hall–Kier alpha value is -0.0800. The lowest BCUT2D eigenvalue weighted by Crippen LogP contribution is -2.33. The molecule has 2 nitrogen and oxygen atoms in total. The summed E-state index contributed by atoms with van der Waals surface area (Å²) in [6.45, 7) is 9.60. The van der Waals surface area contributed by atoms with E-state index in [0.717, 1.165) is 6.04 Å². The van der Waals surface area contributed by atoms with Crippen LogP contribution in [0.1, 0.15) is 39.5 Å². The summed E-state index contributed by atoms with van der Waals surface area (Å²) in [5.74, 6) is 0. The maximum Gasteiger partial charge on any atom is 0.00790 e.